The van der Waals surface area contributed by atoms with Crippen molar-refractivity contribution in [2.24, 2.45) is 0 Å². The molecule has 1 heterocycles. The first-order valence-corrected chi connectivity index (χ1v) is 8.62. The van der Waals surface area contributed by atoms with E-state index < -0.39 is 22.0 Å². The van der Waals surface area contributed by atoms with Crippen LogP contribution in [0.1, 0.15) is 15.9 Å². The summed E-state index contributed by atoms with van der Waals surface area (Å²) in [5.41, 5.74) is 0.639. The number of methoxy groups -OCH3 is 2. The molecule has 0 saturated carbocycles. The summed E-state index contributed by atoms with van der Waals surface area (Å²) >= 11 is 0. The molecule has 134 valence electrons. The second kappa shape index (κ2) is 7.75. The van der Waals surface area contributed by atoms with E-state index >= 15 is 0 Å². The highest BCUT2D eigenvalue weighted by Gasteiger charge is 2.16. The summed E-state index contributed by atoms with van der Waals surface area (Å²) in [6.45, 7) is -0.188. The summed E-state index contributed by atoms with van der Waals surface area (Å²) in [4.78, 5) is 26.4. The van der Waals surface area contributed by atoms with Gasteiger partial charge >= 0.3 is 11.9 Å². The topological polar surface area (TPSA) is 129 Å². The van der Waals surface area contributed by atoms with Crippen molar-refractivity contribution in [3.8, 4) is 0 Å². The Bertz CT molecular complexity index is 877. The average Bonchev–Trinajstić information content (AvgIpc) is 2.99. The third kappa shape index (κ3) is 5.28. The standard InChI is InChI=1S/C14H16N4O6S/c1-23-12(19)7-18-9-15-14(16-18)17-25(21,22)8-10-4-3-5-11(6-10)13(20)24-2/h3-6,9H,7-8H2,1-2H3,(H,16,17). The smallest absolute Gasteiger partial charge is 0.337 e. The van der Waals surface area contributed by atoms with E-state index in [1.54, 1.807) is 12.1 Å². The summed E-state index contributed by atoms with van der Waals surface area (Å²) in [6.07, 6.45) is 1.20. The van der Waals surface area contributed by atoms with Crippen LogP contribution in [0.25, 0.3) is 0 Å². The van der Waals surface area contributed by atoms with Crippen LogP contribution in [0.3, 0.4) is 0 Å². The van der Waals surface area contributed by atoms with Crippen LogP contribution in [0.15, 0.2) is 30.6 Å². The van der Waals surface area contributed by atoms with Gasteiger partial charge < -0.3 is 9.47 Å². The Morgan fingerprint density at radius 1 is 1.24 bits per heavy atom. The first-order valence-electron chi connectivity index (χ1n) is 6.97. The quantitative estimate of drug-likeness (QED) is 0.685. The molecule has 0 fully saturated rings. The Morgan fingerprint density at radius 2 is 2.00 bits per heavy atom. The molecule has 0 aliphatic rings. The fourth-order valence-electron chi connectivity index (χ4n) is 1.91. The van der Waals surface area contributed by atoms with Crippen LogP contribution in [-0.4, -0.2) is 49.3 Å². The third-order valence-electron chi connectivity index (χ3n) is 3.01. The fourth-order valence-corrected chi connectivity index (χ4v) is 2.98. The highest BCUT2D eigenvalue weighted by atomic mass is 32.2. The van der Waals surface area contributed by atoms with Crippen molar-refractivity contribution in [1.29, 1.82) is 0 Å². The molecule has 1 N–H and O–H groups in total. The maximum Gasteiger partial charge on any atom is 0.337 e. The first kappa shape index (κ1) is 18.4. The largest absolute Gasteiger partial charge is 0.468 e. The van der Waals surface area contributed by atoms with E-state index in [-0.39, 0.29) is 23.8 Å². The molecule has 0 amide bonds. The molecule has 0 atom stereocenters. The van der Waals surface area contributed by atoms with E-state index in [0.29, 0.717) is 5.56 Å². The Kier molecular flexibility index (Phi) is 5.70. The molecule has 2 rings (SSSR count). The number of esters is 2. The van der Waals surface area contributed by atoms with Crippen LogP contribution in [-0.2, 0) is 36.6 Å². The SMILES string of the molecule is COC(=O)Cn1cnc(NS(=O)(=O)Cc2cccc(C(=O)OC)c2)n1. The minimum absolute atomic E-state index is 0.173. The number of ether oxygens (including phenoxy) is 2. The summed E-state index contributed by atoms with van der Waals surface area (Å²) in [5.74, 6) is -1.66. The number of nitrogens with zero attached hydrogens (tertiary/aromatic N) is 3. The van der Waals surface area contributed by atoms with Crippen LogP contribution in [0.4, 0.5) is 5.95 Å². The number of hydrogen-bond donors (Lipinski definition) is 1. The zero-order valence-corrected chi connectivity index (χ0v) is 14.3. The van der Waals surface area contributed by atoms with Gasteiger partial charge in [-0.05, 0) is 17.7 Å². The summed E-state index contributed by atoms with van der Waals surface area (Å²) in [7, 11) is -1.35. The van der Waals surface area contributed by atoms with Gasteiger partial charge in [-0.25, -0.2) is 22.6 Å². The third-order valence-corrected chi connectivity index (χ3v) is 4.21. The normalized spacial score (nSPS) is 11.0. The van der Waals surface area contributed by atoms with Crippen molar-refractivity contribution in [2.75, 3.05) is 18.9 Å². The molecule has 0 radical (unpaired) electrons. The highest BCUT2D eigenvalue weighted by Crippen LogP contribution is 2.12. The minimum atomic E-state index is -3.81. The van der Waals surface area contributed by atoms with Crippen molar-refractivity contribution in [3.63, 3.8) is 0 Å². The van der Waals surface area contributed by atoms with Gasteiger partial charge in [0.2, 0.25) is 10.0 Å². The van der Waals surface area contributed by atoms with Crippen LogP contribution >= 0.6 is 0 Å². The number of anilines is 1. The highest BCUT2D eigenvalue weighted by molar-refractivity contribution is 7.91. The predicted octanol–water partition coefficient (Wildman–Crippen LogP) is 0.180. The van der Waals surface area contributed by atoms with Crippen molar-refractivity contribution < 1.29 is 27.5 Å². The minimum Gasteiger partial charge on any atom is -0.468 e. The predicted molar refractivity (Wildman–Crippen MR) is 86.1 cm³/mol. The fraction of sp³-hybridized carbons (Fsp3) is 0.286. The van der Waals surface area contributed by atoms with Crippen LogP contribution in [0, 0.1) is 0 Å². The number of sulfonamides is 1. The van der Waals surface area contributed by atoms with Crippen molar-refractivity contribution in [1.82, 2.24) is 14.8 Å². The van der Waals surface area contributed by atoms with E-state index in [0.717, 1.165) is 4.68 Å². The molecule has 1 aromatic carbocycles. The lowest BCUT2D eigenvalue weighted by atomic mass is 10.1. The van der Waals surface area contributed by atoms with Gasteiger partial charge in [0, 0.05) is 0 Å². The maximum absolute atomic E-state index is 12.2. The van der Waals surface area contributed by atoms with Crippen LogP contribution in [0.2, 0.25) is 0 Å². The van der Waals surface area contributed by atoms with Gasteiger partial charge in [0.25, 0.3) is 5.95 Å². The Morgan fingerprint density at radius 3 is 2.68 bits per heavy atom. The Labute approximate surface area is 143 Å². The van der Waals surface area contributed by atoms with E-state index in [1.165, 1.54) is 32.7 Å². The molecule has 0 bridgehead atoms. The maximum atomic E-state index is 12.2. The molecule has 1 aromatic heterocycles. The number of carbonyl (C=O) groups is 2. The summed E-state index contributed by atoms with van der Waals surface area (Å²) < 4.78 is 36.8. The van der Waals surface area contributed by atoms with E-state index in [9.17, 15) is 18.0 Å². The second-order valence-corrected chi connectivity index (χ2v) is 6.62. The molecular formula is C14H16N4O6S. The first-order chi connectivity index (χ1) is 11.8. The number of aromatic nitrogens is 3. The molecular weight excluding hydrogens is 352 g/mol. The van der Waals surface area contributed by atoms with E-state index in [1.807, 2.05) is 0 Å². The zero-order valence-electron chi connectivity index (χ0n) is 13.5. The second-order valence-electron chi connectivity index (χ2n) is 4.89. The molecule has 0 aliphatic carbocycles. The Hall–Kier alpha value is -2.95. The molecule has 25 heavy (non-hydrogen) atoms. The molecule has 0 aliphatic heterocycles. The summed E-state index contributed by atoms with van der Waals surface area (Å²) in [6, 6.07) is 6.06. The Balaban J connectivity index is 2.07. The van der Waals surface area contributed by atoms with Crippen molar-refractivity contribution >= 4 is 27.9 Å². The van der Waals surface area contributed by atoms with Gasteiger partial charge in [0.05, 0.1) is 25.5 Å². The molecule has 0 unspecified atom stereocenters. The lowest BCUT2D eigenvalue weighted by molar-refractivity contribution is -0.141. The molecule has 2 aromatic rings. The number of hydrogen-bond acceptors (Lipinski definition) is 8. The number of carbonyl (C=O) groups excluding carboxylic acids is 2. The van der Waals surface area contributed by atoms with Gasteiger partial charge in [0.1, 0.15) is 12.9 Å². The van der Waals surface area contributed by atoms with E-state index in [2.05, 4.69) is 24.3 Å². The van der Waals surface area contributed by atoms with Gasteiger partial charge in [-0.3, -0.25) is 4.79 Å². The summed E-state index contributed by atoms with van der Waals surface area (Å²) in [5, 5.41) is 3.82. The number of benzene rings is 1. The van der Waals surface area contributed by atoms with Crippen LogP contribution in [0.5, 0.6) is 0 Å². The molecule has 0 spiro atoms. The van der Waals surface area contributed by atoms with Crippen LogP contribution < -0.4 is 4.72 Å². The van der Waals surface area contributed by atoms with Crippen molar-refractivity contribution in [2.45, 2.75) is 12.3 Å². The van der Waals surface area contributed by atoms with Gasteiger partial charge in [-0.15, -0.1) is 5.10 Å². The number of rotatable bonds is 7. The van der Waals surface area contributed by atoms with Gasteiger partial charge in [-0.1, -0.05) is 12.1 Å². The van der Waals surface area contributed by atoms with Crippen molar-refractivity contribution in [3.05, 3.63) is 41.7 Å². The average molecular weight is 368 g/mol. The molecule has 0 saturated heterocycles. The number of nitrogens with one attached hydrogen (secondary N) is 1. The lowest BCUT2D eigenvalue weighted by Crippen LogP contribution is -2.17. The zero-order chi connectivity index (χ0) is 18.4. The van der Waals surface area contributed by atoms with Gasteiger partial charge in [0.15, 0.2) is 0 Å². The lowest BCUT2D eigenvalue weighted by Gasteiger charge is -2.06. The molecule has 11 heteroatoms. The monoisotopic (exact) mass is 368 g/mol. The van der Waals surface area contributed by atoms with E-state index in [4.69, 9.17) is 0 Å². The van der Waals surface area contributed by atoms with Gasteiger partial charge in [-0.2, -0.15) is 4.98 Å². The molecule has 10 nitrogen and oxygen atoms in total.